The number of pyridine rings is 1. The quantitative estimate of drug-likeness (QED) is 0.459. The average molecular weight is 433 g/mol. The summed E-state index contributed by atoms with van der Waals surface area (Å²) >= 11 is 0. The predicted octanol–water partition coefficient (Wildman–Crippen LogP) is 3.01. The zero-order chi connectivity index (χ0) is 22.6. The Labute approximate surface area is 186 Å². The van der Waals surface area contributed by atoms with E-state index in [-0.39, 0.29) is 0 Å². The molecule has 1 N–H and O–H groups in total. The Bertz CT molecular complexity index is 1360. The van der Waals surface area contributed by atoms with Crippen molar-refractivity contribution in [2.45, 2.75) is 27.3 Å². The molecule has 2 bridgehead atoms. The molecule has 5 heterocycles. The fourth-order valence-electron chi connectivity index (χ4n) is 4.37. The molecule has 0 fully saturated rings. The standard InChI is InChI=1S/C23H28N8O/c1-13-21-19-11-17-18(25-26-22(17)14(2)24-19)8-7-16-15(3)30(5)28-20(16)12-29(4)9-10-32-23(21)31(6)27-13/h7-8,11H,9-10,12H2,1-6H3,(H,25,26)/b8-7+. The van der Waals surface area contributed by atoms with Crippen LogP contribution < -0.4 is 4.74 Å². The van der Waals surface area contributed by atoms with E-state index < -0.39 is 0 Å². The average Bonchev–Trinajstić information content (AvgIpc) is 3.35. The molecule has 32 heavy (non-hydrogen) atoms. The summed E-state index contributed by atoms with van der Waals surface area (Å²) in [4.78, 5) is 7.07. The van der Waals surface area contributed by atoms with Crippen LogP contribution in [0.25, 0.3) is 34.3 Å². The van der Waals surface area contributed by atoms with Gasteiger partial charge in [0.2, 0.25) is 5.88 Å². The molecule has 9 nitrogen and oxygen atoms in total. The summed E-state index contributed by atoms with van der Waals surface area (Å²) in [6, 6.07) is 2.07. The molecule has 166 valence electrons. The van der Waals surface area contributed by atoms with Crippen LogP contribution in [0.15, 0.2) is 6.07 Å². The number of hydrogen-bond donors (Lipinski definition) is 1. The number of nitrogens with one attached hydrogen (secondary N) is 1. The van der Waals surface area contributed by atoms with Crippen molar-refractivity contribution in [3.8, 4) is 17.1 Å². The number of fused-ring (bicyclic) bond motifs is 4. The minimum atomic E-state index is 0.539. The maximum Gasteiger partial charge on any atom is 0.221 e. The Morgan fingerprint density at radius 1 is 1.00 bits per heavy atom. The van der Waals surface area contributed by atoms with Crippen molar-refractivity contribution in [3.63, 3.8) is 0 Å². The molecule has 0 saturated carbocycles. The van der Waals surface area contributed by atoms with Gasteiger partial charge < -0.3 is 4.74 Å². The van der Waals surface area contributed by atoms with Gasteiger partial charge in [-0.3, -0.25) is 19.7 Å². The normalized spacial score (nSPS) is 15.8. The lowest BCUT2D eigenvalue weighted by atomic mass is 10.1. The number of likely N-dealkylation sites (N-methyl/N-ethyl adjacent to an activating group) is 1. The van der Waals surface area contributed by atoms with Gasteiger partial charge in [0, 0.05) is 43.8 Å². The number of hydrogen-bond acceptors (Lipinski definition) is 6. The molecule has 0 spiro atoms. The molecule has 5 rings (SSSR count). The summed E-state index contributed by atoms with van der Waals surface area (Å²) in [5.41, 5.74) is 8.62. The van der Waals surface area contributed by atoms with Gasteiger partial charge in [-0.2, -0.15) is 15.3 Å². The third-order valence-electron chi connectivity index (χ3n) is 6.18. The van der Waals surface area contributed by atoms with E-state index in [4.69, 9.17) is 14.8 Å². The van der Waals surface area contributed by atoms with Crippen molar-refractivity contribution in [2.75, 3.05) is 20.2 Å². The van der Waals surface area contributed by atoms with E-state index in [1.165, 1.54) is 0 Å². The number of rotatable bonds is 0. The molecule has 0 saturated heterocycles. The number of aromatic amines is 1. The van der Waals surface area contributed by atoms with Crippen LogP contribution in [0.3, 0.4) is 0 Å². The molecule has 1 aliphatic heterocycles. The van der Waals surface area contributed by atoms with Gasteiger partial charge in [-0.1, -0.05) is 0 Å². The van der Waals surface area contributed by atoms with Crippen LogP contribution in [0.4, 0.5) is 0 Å². The van der Waals surface area contributed by atoms with Crippen molar-refractivity contribution >= 4 is 23.1 Å². The molecule has 9 heteroatoms. The van der Waals surface area contributed by atoms with Gasteiger partial charge in [0.25, 0.3) is 0 Å². The van der Waals surface area contributed by atoms with Gasteiger partial charge in [0.05, 0.1) is 34.0 Å². The molecule has 0 unspecified atom stereocenters. The van der Waals surface area contributed by atoms with Gasteiger partial charge in [-0.25, -0.2) is 4.68 Å². The first-order valence-corrected chi connectivity index (χ1v) is 10.7. The molecule has 0 radical (unpaired) electrons. The van der Waals surface area contributed by atoms with Crippen molar-refractivity contribution in [1.82, 2.24) is 39.6 Å². The largest absolute Gasteiger partial charge is 0.476 e. The van der Waals surface area contributed by atoms with E-state index in [0.29, 0.717) is 6.61 Å². The van der Waals surface area contributed by atoms with Crippen molar-refractivity contribution < 1.29 is 4.74 Å². The lowest BCUT2D eigenvalue weighted by molar-refractivity contribution is 0.220. The van der Waals surface area contributed by atoms with E-state index in [1.807, 2.05) is 32.6 Å². The van der Waals surface area contributed by atoms with Crippen molar-refractivity contribution in [3.05, 3.63) is 40.1 Å². The predicted molar refractivity (Wildman–Crippen MR) is 124 cm³/mol. The van der Waals surface area contributed by atoms with Gasteiger partial charge in [-0.05, 0) is 46.0 Å². The van der Waals surface area contributed by atoms with Gasteiger partial charge in [0.15, 0.2) is 0 Å². The SMILES string of the molecule is Cc1nn(C)c2c1-c1cc3c([nH]nc3c(C)n1)/C=C/c1c(nn(C)c1C)CN(C)CCO2. The topological polar surface area (TPSA) is 89.7 Å². The zero-order valence-electron chi connectivity index (χ0n) is 19.4. The van der Waals surface area contributed by atoms with Gasteiger partial charge >= 0.3 is 0 Å². The Morgan fingerprint density at radius 2 is 1.81 bits per heavy atom. The van der Waals surface area contributed by atoms with Crippen LogP contribution in [0, 0.1) is 20.8 Å². The summed E-state index contributed by atoms with van der Waals surface area (Å²) in [7, 11) is 5.97. The lowest BCUT2D eigenvalue weighted by Crippen LogP contribution is -2.25. The monoisotopic (exact) mass is 432 g/mol. The highest BCUT2D eigenvalue weighted by Crippen LogP contribution is 2.35. The van der Waals surface area contributed by atoms with Crippen LogP contribution in [-0.2, 0) is 20.6 Å². The number of aryl methyl sites for hydroxylation is 4. The molecule has 0 atom stereocenters. The van der Waals surface area contributed by atoms with E-state index in [1.54, 1.807) is 4.68 Å². The Hall–Kier alpha value is -3.46. The van der Waals surface area contributed by atoms with E-state index in [9.17, 15) is 0 Å². The lowest BCUT2D eigenvalue weighted by Gasteiger charge is -2.17. The summed E-state index contributed by atoms with van der Waals surface area (Å²) < 4.78 is 9.97. The highest BCUT2D eigenvalue weighted by Gasteiger charge is 2.21. The minimum absolute atomic E-state index is 0.539. The first kappa shape index (κ1) is 20.4. The fraction of sp³-hybridized carbons (Fsp3) is 0.391. The molecule has 0 aromatic carbocycles. The Kier molecular flexibility index (Phi) is 4.85. The minimum Gasteiger partial charge on any atom is -0.476 e. The second kappa shape index (κ2) is 7.59. The number of ether oxygens (including phenoxy) is 1. The fourth-order valence-corrected chi connectivity index (χ4v) is 4.37. The smallest absolute Gasteiger partial charge is 0.221 e. The molecular weight excluding hydrogens is 404 g/mol. The first-order valence-electron chi connectivity index (χ1n) is 10.7. The number of nitrogens with zero attached hydrogens (tertiary/aromatic N) is 7. The van der Waals surface area contributed by atoms with E-state index in [2.05, 4.69) is 52.4 Å². The van der Waals surface area contributed by atoms with Crippen molar-refractivity contribution in [1.29, 1.82) is 0 Å². The summed E-state index contributed by atoms with van der Waals surface area (Å²) in [5, 5.41) is 18.1. The van der Waals surface area contributed by atoms with Crippen molar-refractivity contribution in [2.24, 2.45) is 14.1 Å². The van der Waals surface area contributed by atoms with Crippen LogP contribution in [0.1, 0.15) is 34.0 Å². The first-order chi connectivity index (χ1) is 15.3. The molecule has 1 aliphatic rings. The highest BCUT2D eigenvalue weighted by atomic mass is 16.5. The van der Waals surface area contributed by atoms with E-state index in [0.717, 1.165) is 75.2 Å². The Morgan fingerprint density at radius 3 is 2.62 bits per heavy atom. The highest BCUT2D eigenvalue weighted by molar-refractivity contribution is 5.93. The molecular formula is C23H28N8O. The maximum atomic E-state index is 6.24. The second-order valence-corrected chi connectivity index (χ2v) is 8.50. The summed E-state index contributed by atoms with van der Waals surface area (Å²) in [5.74, 6) is 0.729. The number of aromatic nitrogens is 7. The van der Waals surface area contributed by atoms with Crippen LogP contribution in [0.2, 0.25) is 0 Å². The molecule has 0 aliphatic carbocycles. The molecule has 4 aromatic rings. The number of H-pyrrole nitrogens is 1. The van der Waals surface area contributed by atoms with E-state index >= 15 is 0 Å². The summed E-state index contributed by atoms with van der Waals surface area (Å²) in [6.07, 6.45) is 4.21. The molecule has 0 amide bonds. The molecule has 4 aromatic heterocycles. The van der Waals surface area contributed by atoms with Gasteiger partial charge in [0.1, 0.15) is 12.1 Å². The summed E-state index contributed by atoms with van der Waals surface area (Å²) in [6.45, 7) is 8.10. The van der Waals surface area contributed by atoms with Crippen LogP contribution >= 0.6 is 0 Å². The third-order valence-corrected chi connectivity index (χ3v) is 6.18. The Balaban J connectivity index is 1.73. The van der Waals surface area contributed by atoms with Crippen LogP contribution in [-0.4, -0.2) is 59.8 Å². The van der Waals surface area contributed by atoms with Crippen LogP contribution in [0.5, 0.6) is 5.88 Å². The third kappa shape index (κ3) is 3.29. The maximum absolute atomic E-state index is 6.24. The second-order valence-electron chi connectivity index (χ2n) is 8.50. The van der Waals surface area contributed by atoms with Gasteiger partial charge in [-0.15, -0.1) is 0 Å². The zero-order valence-corrected chi connectivity index (χ0v) is 19.4.